The van der Waals surface area contributed by atoms with Crippen LogP contribution >= 0.6 is 7.60 Å². The zero-order valence-corrected chi connectivity index (χ0v) is 20.1. The molecule has 1 saturated heterocycles. The summed E-state index contributed by atoms with van der Waals surface area (Å²) in [5.74, 6) is -2.52. The predicted molar refractivity (Wildman–Crippen MR) is 107 cm³/mol. The lowest BCUT2D eigenvalue weighted by atomic mass is 9.98. The van der Waals surface area contributed by atoms with Crippen molar-refractivity contribution in [3.05, 3.63) is 0 Å². The Morgan fingerprint density at radius 1 is 0.968 bits per heavy atom. The molecule has 0 aliphatic carbocycles. The molecule has 0 bridgehead atoms. The van der Waals surface area contributed by atoms with Gasteiger partial charge in [-0.05, 0) is 41.5 Å². The van der Waals surface area contributed by atoms with Gasteiger partial charge in [-0.3, -0.25) is 32.8 Å². The van der Waals surface area contributed by atoms with Gasteiger partial charge in [0.15, 0.2) is 6.23 Å². The highest BCUT2D eigenvalue weighted by Crippen LogP contribution is 2.57. The molecule has 0 aromatic carbocycles. The molecular formula is C19H32NO10P. The minimum Gasteiger partial charge on any atom is -0.442 e. The number of likely N-dealkylation sites (tertiary alicyclic amines) is 1. The molecule has 0 unspecified atom stereocenters. The van der Waals surface area contributed by atoms with Crippen molar-refractivity contribution in [3.63, 3.8) is 0 Å². The summed E-state index contributed by atoms with van der Waals surface area (Å²) >= 11 is 0. The standard InChI is InChI=1S/C19H32NO10P/c1-12(21)30-14-9-13(15(22)20(14)8)31(25,28-10-26-16(23)18(2,3)4)29-11-27-17(24)19(5,6)7/h13-14H,9-11H2,1-8H3/t13-,14-/m0/s1. The molecule has 0 spiro atoms. The highest BCUT2D eigenvalue weighted by atomic mass is 31.2. The van der Waals surface area contributed by atoms with Gasteiger partial charge in [-0.25, -0.2) is 0 Å². The minimum atomic E-state index is -4.30. The lowest BCUT2D eigenvalue weighted by Gasteiger charge is -2.24. The number of hydrogen-bond donors (Lipinski definition) is 0. The van der Waals surface area contributed by atoms with E-state index in [0.29, 0.717) is 0 Å². The quantitative estimate of drug-likeness (QED) is 0.228. The number of rotatable bonds is 8. The van der Waals surface area contributed by atoms with Crippen molar-refractivity contribution in [1.29, 1.82) is 0 Å². The third-order valence-electron chi connectivity index (χ3n) is 4.24. The topological polar surface area (TPSA) is 135 Å². The molecule has 1 heterocycles. The van der Waals surface area contributed by atoms with Crippen LogP contribution in [0.1, 0.15) is 54.9 Å². The number of carbonyl (C=O) groups excluding carboxylic acids is 4. The Morgan fingerprint density at radius 3 is 1.74 bits per heavy atom. The summed E-state index contributed by atoms with van der Waals surface area (Å²) in [7, 11) is -2.92. The van der Waals surface area contributed by atoms with Crippen LogP contribution in [0, 0.1) is 10.8 Å². The fourth-order valence-corrected chi connectivity index (χ4v) is 4.09. The molecule has 1 rings (SSSR count). The summed E-state index contributed by atoms with van der Waals surface area (Å²) in [4.78, 5) is 48.9. The fourth-order valence-electron chi connectivity index (χ4n) is 2.37. The van der Waals surface area contributed by atoms with Gasteiger partial charge in [0, 0.05) is 20.4 Å². The molecule has 12 heteroatoms. The van der Waals surface area contributed by atoms with Crippen molar-refractivity contribution in [2.45, 2.75) is 66.8 Å². The van der Waals surface area contributed by atoms with E-state index in [1.807, 2.05) is 0 Å². The molecule has 1 fully saturated rings. The van der Waals surface area contributed by atoms with Crippen LogP contribution in [0.4, 0.5) is 0 Å². The van der Waals surface area contributed by atoms with E-state index in [0.717, 1.165) is 4.90 Å². The Balaban J connectivity index is 2.97. The Hall–Kier alpha value is -1.97. The summed E-state index contributed by atoms with van der Waals surface area (Å²) in [5, 5.41) is 0. The Labute approximate surface area is 182 Å². The number of carbonyl (C=O) groups is 4. The first-order valence-electron chi connectivity index (χ1n) is 9.66. The third kappa shape index (κ3) is 7.59. The second kappa shape index (κ2) is 10.1. The normalized spacial score (nSPS) is 19.9. The van der Waals surface area contributed by atoms with Crippen LogP contribution < -0.4 is 0 Å². The van der Waals surface area contributed by atoms with Crippen LogP contribution in [0.25, 0.3) is 0 Å². The van der Waals surface area contributed by atoms with Crippen LogP contribution in [-0.4, -0.2) is 61.2 Å². The molecule has 1 aliphatic rings. The summed E-state index contributed by atoms with van der Waals surface area (Å²) in [5.41, 5.74) is -3.01. The maximum Gasteiger partial charge on any atom is 0.349 e. The van der Waals surface area contributed by atoms with Crippen LogP contribution in [0.3, 0.4) is 0 Å². The van der Waals surface area contributed by atoms with E-state index in [4.69, 9.17) is 23.3 Å². The highest BCUT2D eigenvalue weighted by molar-refractivity contribution is 7.55. The van der Waals surface area contributed by atoms with E-state index in [2.05, 4.69) is 0 Å². The van der Waals surface area contributed by atoms with E-state index in [-0.39, 0.29) is 6.42 Å². The number of nitrogens with zero attached hydrogens (tertiary/aromatic N) is 1. The smallest absolute Gasteiger partial charge is 0.349 e. The lowest BCUT2D eigenvalue weighted by Crippen LogP contribution is -2.33. The van der Waals surface area contributed by atoms with Crippen molar-refractivity contribution in [3.8, 4) is 0 Å². The maximum atomic E-state index is 13.5. The van der Waals surface area contributed by atoms with E-state index in [1.165, 1.54) is 14.0 Å². The van der Waals surface area contributed by atoms with Gasteiger partial charge in [0.1, 0.15) is 5.66 Å². The molecule has 178 valence electrons. The maximum absolute atomic E-state index is 13.5. The molecular weight excluding hydrogens is 433 g/mol. The van der Waals surface area contributed by atoms with Crippen molar-refractivity contribution < 1.29 is 47.0 Å². The van der Waals surface area contributed by atoms with Gasteiger partial charge in [-0.15, -0.1) is 0 Å². The first-order chi connectivity index (χ1) is 14.0. The predicted octanol–water partition coefficient (Wildman–Crippen LogP) is 2.43. The summed E-state index contributed by atoms with van der Waals surface area (Å²) in [6.45, 7) is 9.42. The third-order valence-corrected chi connectivity index (χ3v) is 6.37. The largest absolute Gasteiger partial charge is 0.442 e. The molecule has 0 aromatic heterocycles. The minimum absolute atomic E-state index is 0.174. The summed E-state index contributed by atoms with van der Waals surface area (Å²) in [6.07, 6.45) is -1.14. The van der Waals surface area contributed by atoms with Gasteiger partial charge < -0.3 is 19.1 Å². The molecule has 0 aromatic rings. The second-order valence-corrected chi connectivity index (χ2v) is 11.4. The molecule has 31 heavy (non-hydrogen) atoms. The van der Waals surface area contributed by atoms with Crippen molar-refractivity contribution in [2.24, 2.45) is 10.8 Å². The van der Waals surface area contributed by atoms with Gasteiger partial charge >= 0.3 is 25.5 Å². The Bertz CT molecular complexity index is 716. The van der Waals surface area contributed by atoms with Gasteiger partial charge in [0.25, 0.3) is 0 Å². The molecule has 0 saturated carbocycles. The molecule has 1 amide bonds. The van der Waals surface area contributed by atoms with E-state index in [9.17, 15) is 23.7 Å². The first-order valence-corrected chi connectivity index (χ1v) is 11.3. The van der Waals surface area contributed by atoms with Gasteiger partial charge in [0.05, 0.1) is 10.8 Å². The molecule has 0 radical (unpaired) electrons. The summed E-state index contributed by atoms with van der Waals surface area (Å²) < 4.78 is 38.9. The fraction of sp³-hybridized carbons (Fsp3) is 0.789. The monoisotopic (exact) mass is 465 g/mol. The van der Waals surface area contributed by atoms with E-state index < -0.39 is 67.7 Å². The molecule has 11 nitrogen and oxygen atoms in total. The van der Waals surface area contributed by atoms with Gasteiger partial charge in [-0.1, -0.05) is 0 Å². The number of ether oxygens (including phenoxy) is 3. The first kappa shape index (κ1) is 27.1. The SMILES string of the molecule is CC(=O)O[C@H]1C[C@H](P(=O)(OCOC(=O)C(C)(C)C)OCOC(=O)C(C)(C)C)C(=O)N1C. The number of hydrogen-bond acceptors (Lipinski definition) is 10. The Morgan fingerprint density at radius 2 is 1.39 bits per heavy atom. The van der Waals surface area contributed by atoms with Gasteiger partial charge in [0.2, 0.25) is 19.5 Å². The molecule has 2 atom stereocenters. The van der Waals surface area contributed by atoms with Gasteiger partial charge in [-0.2, -0.15) is 0 Å². The average Bonchev–Trinajstić information content (AvgIpc) is 2.88. The average molecular weight is 465 g/mol. The van der Waals surface area contributed by atoms with Crippen molar-refractivity contribution in [2.75, 3.05) is 20.6 Å². The Kier molecular flexibility index (Phi) is 8.82. The highest BCUT2D eigenvalue weighted by Gasteiger charge is 2.52. The lowest BCUT2D eigenvalue weighted by molar-refractivity contribution is -0.162. The van der Waals surface area contributed by atoms with Crippen molar-refractivity contribution in [1.82, 2.24) is 4.90 Å². The zero-order valence-electron chi connectivity index (χ0n) is 19.3. The molecule has 0 N–H and O–H groups in total. The van der Waals surface area contributed by atoms with Crippen molar-refractivity contribution >= 4 is 31.4 Å². The number of esters is 3. The summed E-state index contributed by atoms with van der Waals surface area (Å²) in [6, 6.07) is 0. The second-order valence-electron chi connectivity index (χ2n) is 9.16. The van der Waals surface area contributed by atoms with Crippen LogP contribution in [0.5, 0.6) is 0 Å². The molecule has 1 aliphatic heterocycles. The number of amides is 1. The van der Waals surface area contributed by atoms with E-state index in [1.54, 1.807) is 41.5 Å². The van der Waals surface area contributed by atoms with E-state index >= 15 is 0 Å². The zero-order chi connectivity index (χ0) is 24.2. The van der Waals surface area contributed by atoms with Crippen LogP contribution in [0.2, 0.25) is 0 Å². The van der Waals surface area contributed by atoms with Crippen LogP contribution in [-0.2, 0) is 47.0 Å². The van der Waals surface area contributed by atoms with Crippen LogP contribution in [0.15, 0.2) is 0 Å².